The van der Waals surface area contributed by atoms with Crippen molar-refractivity contribution in [2.24, 2.45) is 0 Å². The number of sulfonamides is 1. The summed E-state index contributed by atoms with van der Waals surface area (Å²) < 4.78 is 34.6. The molecular weight excluding hydrogens is 582 g/mol. The summed E-state index contributed by atoms with van der Waals surface area (Å²) in [6.45, 7) is 6.78. The summed E-state index contributed by atoms with van der Waals surface area (Å²) >= 11 is 3.40. The lowest BCUT2D eigenvalue weighted by Crippen LogP contribution is -2.52. The van der Waals surface area contributed by atoms with E-state index < -0.39 is 28.5 Å². The van der Waals surface area contributed by atoms with Crippen molar-refractivity contribution < 1.29 is 22.7 Å². The molecule has 3 aromatic carbocycles. The van der Waals surface area contributed by atoms with Gasteiger partial charge in [0.2, 0.25) is 11.8 Å². The molecule has 0 saturated carbocycles. The number of benzene rings is 3. The van der Waals surface area contributed by atoms with Gasteiger partial charge in [0.15, 0.2) is 0 Å². The molecule has 208 valence electrons. The largest absolute Gasteiger partial charge is 0.497 e. The number of hydrogen-bond acceptors (Lipinski definition) is 5. The fourth-order valence-corrected chi connectivity index (χ4v) is 5.71. The lowest BCUT2D eigenvalue weighted by Gasteiger charge is -2.32. The van der Waals surface area contributed by atoms with Gasteiger partial charge in [0.05, 0.1) is 17.7 Å². The molecule has 0 bridgehead atoms. The van der Waals surface area contributed by atoms with Crippen molar-refractivity contribution in [1.82, 2.24) is 10.2 Å². The summed E-state index contributed by atoms with van der Waals surface area (Å²) in [5, 5.41) is 2.84. The minimum absolute atomic E-state index is 0.0631. The van der Waals surface area contributed by atoms with Crippen LogP contribution in [0.3, 0.4) is 0 Å². The van der Waals surface area contributed by atoms with Gasteiger partial charge in [-0.2, -0.15) is 0 Å². The van der Waals surface area contributed by atoms with Crippen LogP contribution in [-0.4, -0.2) is 50.9 Å². The van der Waals surface area contributed by atoms with E-state index in [9.17, 15) is 18.0 Å². The van der Waals surface area contributed by atoms with Crippen LogP contribution in [0.1, 0.15) is 31.9 Å². The van der Waals surface area contributed by atoms with Gasteiger partial charge in [0.1, 0.15) is 18.3 Å². The molecule has 0 aliphatic rings. The van der Waals surface area contributed by atoms with Gasteiger partial charge in [-0.25, -0.2) is 8.42 Å². The number of amides is 2. The van der Waals surface area contributed by atoms with E-state index in [-0.39, 0.29) is 23.4 Å². The third-order valence-corrected chi connectivity index (χ3v) is 8.38. The topological polar surface area (TPSA) is 96.0 Å². The maximum absolute atomic E-state index is 13.9. The van der Waals surface area contributed by atoms with Crippen molar-refractivity contribution in [2.75, 3.05) is 18.0 Å². The number of aryl methyl sites for hydroxylation is 1. The first-order valence-corrected chi connectivity index (χ1v) is 14.7. The molecule has 39 heavy (non-hydrogen) atoms. The number of anilines is 1. The maximum atomic E-state index is 13.9. The second-order valence-corrected chi connectivity index (χ2v) is 12.3. The predicted octanol–water partition coefficient (Wildman–Crippen LogP) is 4.90. The second kappa shape index (κ2) is 13.1. The van der Waals surface area contributed by atoms with Crippen LogP contribution in [0, 0.1) is 6.92 Å². The van der Waals surface area contributed by atoms with E-state index in [1.165, 1.54) is 17.0 Å². The minimum Gasteiger partial charge on any atom is -0.497 e. The summed E-state index contributed by atoms with van der Waals surface area (Å²) in [6, 6.07) is 19.4. The highest BCUT2D eigenvalue weighted by Gasteiger charge is 2.32. The summed E-state index contributed by atoms with van der Waals surface area (Å²) in [5.74, 6) is -0.192. The van der Waals surface area contributed by atoms with Crippen molar-refractivity contribution >= 4 is 43.5 Å². The SMILES string of the molecule is COc1ccc(CN(C(=O)CN(c2cccc(Br)c2)S(=O)(=O)c2ccc(C)cc2)[C@H](C)C(=O)NC(C)C)cc1. The van der Waals surface area contributed by atoms with Gasteiger partial charge in [0.25, 0.3) is 10.0 Å². The summed E-state index contributed by atoms with van der Waals surface area (Å²) in [7, 11) is -2.55. The Morgan fingerprint density at radius 1 is 0.974 bits per heavy atom. The quantitative estimate of drug-likeness (QED) is 0.331. The van der Waals surface area contributed by atoms with Crippen LogP contribution in [0.2, 0.25) is 0 Å². The first kappa shape index (κ1) is 30.2. The Kier molecular flexibility index (Phi) is 10.2. The Balaban J connectivity index is 2.02. The maximum Gasteiger partial charge on any atom is 0.264 e. The highest BCUT2D eigenvalue weighted by molar-refractivity contribution is 9.10. The molecule has 0 spiro atoms. The standard InChI is InChI=1S/C29H34BrN3O5S/c1-20(2)31-29(35)22(4)32(18-23-11-13-26(38-5)14-12-23)28(34)19-33(25-8-6-7-24(30)17-25)39(36,37)27-15-9-21(3)10-16-27/h6-17,20,22H,18-19H2,1-5H3,(H,31,35)/t22-/m1/s1. The van der Waals surface area contributed by atoms with Gasteiger partial charge in [-0.05, 0) is 75.7 Å². The first-order valence-electron chi connectivity index (χ1n) is 12.5. The minimum atomic E-state index is -4.12. The normalized spacial score (nSPS) is 12.1. The zero-order chi connectivity index (χ0) is 28.7. The first-order chi connectivity index (χ1) is 18.4. The molecule has 1 atom stereocenters. The Hall–Kier alpha value is -3.37. The van der Waals surface area contributed by atoms with Crippen LogP contribution in [0.25, 0.3) is 0 Å². The molecule has 0 aliphatic carbocycles. The monoisotopic (exact) mass is 615 g/mol. The van der Waals surface area contributed by atoms with Crippen molar-refractivity contribution in [3.8, 4) is 5.75 Å². The van der Waals surface area contributed by atoms with Crippen molar-refractivity contribution in [3.63, 3.8) is 0 Å². The molecule has 0 radical (unpaired) electrons. The zero-order valence-corrected chi connectivity index (χ0v) is 25.1. The molecule has 3 rings (SSSR count). The van der Waals surface area contributed by atoms with E-state index >= 15 is 0 Å². The molecule has 3 aromatic rings. The van der Waals surface area contributed by atoms with Gasteiger partial charge in [0, 0.05) is 17.1 Å². The molecular formula is C29H34BrN3O5S. The number of carbonyl (C=O) groups excluding carboxylic acids is 2. The molecule has 0 aromatic heterocycles. The number of ether oxygens (including phenoxy) is 1. The third-order valence-electron chi connectivity index (χ3n) is 6.09. The molecule has 0 unspecified atom stereocenters. The Labute approximate surface area is 239 Å². The van der Waals surface area contributed by atoms with Crippen LogP contribution in [0.4, 0.5) is 5.69 Å². The summed E-state index contributed by atoms with van der Waals surface area (Å²) in [5.41, 5.74) is 2.00. The molecule has 8 nitrogen and oxygen atoms in total. The van der Waals surface area contributed by atoms with Crippen molar-refractivity contribution in [1.29, 1.82) is 0 Å². The number of methoxy groups -OCH3 is 1. The molecule has 0 saturated heterocycles. The lowest BCUT2D eigenvalue weighted by molar-refractivity contribution is -0.139. The average molecular weight is 617 g/mol. The van der Waals surface area contributed by atoms with Crippen LogP contribution in [0.15, 0.2) is 82.2 Å². The molecule has 1 N–H and O–H groups in total. The second-order valence-electron chi connectivity index (χ2n) is 9.51. The van der Waals surface area contributed by atoms with Crippen molar-refractivity contribution in [2.45, 2.75) is 51.2 Å². The van der Waals surface area contributed by atoms with E-state index in [1.54, 1.807) is 74.7 Å². The molecule has 0 heterocycles. The Bertz CT molecular complexity index is 1390. The number of nitrogens with one attached hydrogen (secondary N) is 1. The number of hydrogen-bond donors (Lipinski definition) is 1. The molecule has 10 heteroatoms. The van der Waals surface area contributed by atoms with Gasteiger partial charge in [-0.15, -0.1) is 0 Å². The number of rotatable bonds is 11. The van der Waals surface area contributed by atoms with E-state index in [2.05, 4.69) is 21.2 Å². The van der Waals surface area contributed by atoms with E-state index in [1.807, 2.05) is 20.8 Å². The summed E-state index contributed by atoms with van der Waals surface area (Å²) in [4.78, 5) is 28.3. The number of carbonyl (C=O) groups is 2. The summed E-state index contributed by atoms with van der Waals surface area (Å²) in [6.07, 6.45) is 0. The average Bonchev–Trinajstić information content (AvgIpc) is 2.90. The molecule has 0 fully saturated rings. The van der Waals surface area contributed by atoms with Crippen molar-refractivity contribution in [3.05, 3.63) is 88.4 Å². The number of halogens is 1. The van der Waals surface area contributed by atoms with Gasteiger partial charge < -0.3 is 15.0 Å². The van der Waals surface area contributed by atoms with Crippen LogP contribution in [0.5, 0.6) is 5.75 Å². The van der Waals surface area contributed by atoms with Crippen LogP contribution < -0.4 is 14.4 Å². The Morgan fingerprint density at radius 3 is 2.18 bits per heavy atom. The smallest absolute Gasteiger partial charge is 0.264 e. The fraction of sp³-hybridized carbons (Fsp3) is 0.310. The van der Waals surface area contributed by atoms with Crippen LogP contribution >= 0.6 is 15.9 Å². The molecule has 0 aliphatic heterocycles. The third kappa shape index (κ3) is 7.83. The lowest BCUT2D eigenvalue weighted by atomic mass is 10.1. The van der Waals surface area contributed by atoms with Gasteiger partial charge in [-0.3, -0.25) is 13.9 Å². The van der Waals surface area contributed by atoms with E-state index in [0.29, 0.717) is 15.9 Å². The van der Waals surface area contributed by atoms with E-state index in [4.69, 9.17) is 4.74 Å². The van der Waals surface area contributed by atoms with E-state index in [0.717, 1.165) is 15.4 Å². The molecule has 2 amide bonds. The zero-order valence-electron chi connectivity index (χ0n) is 22.7. The fourth-order valence-electron chi connectivity index (χ4n) is 3.91. The predicted molar refractivity (Wildman–Crippen MR) is 156 cm³/mol. The highest BCUT2D eigenvalue weighted by atomic mass is 79.9. The number of nitrogens with zero attached hydrogens (tertiary/aromatic N) is 2. The van der Waals surface area contributed by atoms with Crippen LogP contribution in [-0.2, 0) is 26.2 Å². The highest BCUT2D eigenvalue weighted by Crippen LogP contribution is 2.27. The Morgan fingerprint density at radius 2 is 1.62 bits per heavy atom. The van der Waals surface area contributed by atoms with Gasteiger partial charge >= 0.3 is 0 Å². The van der Waals surface area contributed by atoms with Gasteiger partial charge in [-0.1, -0.05) is 51.8 Å².